The van der Waals surface area contributed by atoms with Crippen molar-refractivity contribution >= 4 is 28.8 Å². The maximum Gasteiger partial charge on any atom is 0.254 e. The third-order valence-electron chi connectivity index (χ3n) is 6.48. The molecule has 0 aliphatic carbocycles. The van der Waals surface area contributed by atoms with E-state index in [1.807, 2.05) is 84.6 Å². The molecular weight excluding hydrogens is 472 g/mol. The Bertz CT molecular complexity index is 1380. The normalized spacial score (nSPS) is 17.2. The molecule has 2 amide bonds. The van der Waals surface area contributed by atoms with Gasteiger partial charge in [0, 0.05) is 35.5 Å². The summed E-state index contributed by atoms with van der Waals surface area (Å²) in [5, 5.41) is 9.61. The molecule has 0 bridgehead atoms. The van der Waals surface area contributed by atoms with Crippen LogP contribution in [0, 0.1) is 13.8 Å². The minimum absolute atomic E-state index is 0.0839. The van der Waals surface area contributed by atoms with E-state index in [0.717, 1.165) is 27.5 Å². The third-order valence-corrected chi connectivity index (χ3v) is 7.42. The molecule has 0 fully saturated rings. The molecule has 2 aromatic carbocycles. The topological polar surface area (TPSA) is 76.5 Å². The molecule has 4 aromatic rings. The SMILES string of the molecule is COCCN1C(=O)c2ccccc2C(C(=O)Nc2ccc(-n3nc(C)cc3C)cc2)C1c1cccs1. The number of nitrogens with zero attached hydrogens (tertiary/aromatic N) is 3. The molecule has 36 heavy (non-hydrogen) atoms. The molecule has 0 saturated carbocycles. The summed E-state index contributed by atoms with van der Waals surface area (Å²) in [4.78, 5) is 30.1. The van der Waals surface area contributed by atoms with Crippen LogP contribution in [-0.2, 0) is 9.53 Å². The molecule has 8 heteroatoms. The van der Waals surface area contributed by atoms with Gasteiger partial charge in [0.1, 0.15) is 0 Å². The number of methoxy groups -OCH3 is 1. The Morgan fingerprint density at radius 3 is 2.53 bits per heavy atom. The van der Waals surface area contributed by atoms with E-state index in [1.54, 1.807) is 29.4 Å². The Balaban J connectivity index is 1.49. The molecule has 3 heterocycles. The van der Waals surface area contributed by atoms with Gasteiger partial charge in [-0.15, -0.1) is 11.3 Å². The van der Waals surface area contributed by atoms with E-state index in [4.69, 9.17) is 4.74 Å². The van der Waals surface area contributed by atoms with Gasteiger partial charge < -0.3 is 15.0 Å². The summed E-state index contributed by atoms with van der Waals surface area (Å²) in [7, 11) is 1.61. The zero-order valence-corrected chi connectivity index (χ0v) is 21.3. The molecule has 2 atom stereocenters. The summed E-state index contributed by atoms with van der Waals surface area (Å²) in [6, 6.07) is 20.6. The summed E-state index contributed by atoms with van der Waals surface area (Å²) in [5.74, 6) is -0.806. The number of fused-ring (bicyclic) bond motifs is 1. The van der Waals surface area contributed by atoms with E-state index >= 15 is 0 Å². The van der Waals surface area contributed by atoms with Crippen LogP contribution in [-0.4, -0.2) is 46.8 Å². The minimum atomic E-state index is -0.565. The number of nitrogens with one attached hydrogen (secondary N) is 1. The number of ether oxygens (including phenoxy) is 1. The second-order valence-electron chi connectivity index (χ2n) is 8.89. The lowest BCUT2D eigenvalue weighted by atomic mass is 9.81. The van der Waals surface area contributed by atoms with Crippen molar-refractivity contribution in [2.45, 2.75) is 25.8 Å². The molecule has 7 nitrogen and oxygen atoms in total. The molecule has 1 N–H and O–H groups in total. The van der Waals surface area contributed by atoms with Crippen LogP contribution in [0.5, 0.6) is 0 Å². The molecular formula is C28H28N4O3S. The third kappa shape index (κ3) is 4.45. The largest absolute Gasteiger partial charge is 0.383 e. The average molecular weight is 501 g/mol. The van der Waals surface area contributed by atoms with Gasteiger partial charge in [-0.25, -0.2) is 4.68 Å². The molecule has 1 aliphatic rings. The number of hydrogen-bond acceptors (Lipinski definition) is 5. The van der Waals surface area contributed by atoms with Crippen molar-refractivity contribution in [2.24, 2.45) is 0 Å². The molecule has 184 valence electrons. The van der Waals surface area contributed by atoms with Gasteiger partial charge in [0.2, 0.25) is 5.91 Å². The molecule has 0 spiro atoms. The number of rotatable bonds is 7. The highest BCUT2D eigenvalue weighted by Crippen LogP contribution is 2.44. The van der Waals surface area contributed by atoms with Crippen LogP contribution in [0.1, 0.15) is 44.1 Å². The van der Waals surface area contributed by atoms with Gasteiger partial charge in [0.05, 0.1) is 29.9 Å². The first-order chi connectivity index (χ1) is 17.5. The Morgan fingerprint density at radius 2 is 1.86 bits per heavy atom. The van der Waals surface area contributed by atoms with Crippen molar-refractivity contribution in [3.05, 3.63) is 99.5 Å². The first kappa shape index (κ1) is 24.0. The lowest BCUT2D eigenvalue weighted by Crippen LogP contribution is -2.47. The van der Waals surface area contributed by atoms with Crippen LogP contribution >= 0.6 is 11.3 Å². The highest BCUT2D eigenvalue weighted by molar-refractivity contribution is 7.10. The summed E-state index contributed by atoms with van der Waals surface area (Å²) >= 11 is 1.55. The lowest BCUT2D eigenvalue weighted by Gasteiger charge is -2.41. The number of aryl methyl sites for hydroxylation is 2. The van der Waals surface area contributed by atoms with Crippen LogP contribution in [0.25, 0.3) is 5.69 Å². The number of carbonyl (C=O) groups is 2. The summed E-state index contributed by atoms with van der Waals surface area (Å²) in [6.45, 7) is 4.76. The van der Waals surface area contributed by atoms with Gasteiger partial charge in [-0.3, -0.25) is 9.59 Å². The quantitative estimate of drug-likeness (QED) is 0.382. The van der Waals surface area contributed by atoms with E-state index in [0.29, 0.717) is 24.4 Å². The molecule has 0 saturated heterocycles. The lowest BCUT2D eigenvalue weighted by molar-refractivity contribution is -0.119. The zero-order chi connectivity index (χ0) is 25.2. The van der Waals surface area contributed by atoms with Gasteiger partial charge >= 0.3 is 0 Å². The standard InChI is InChI=1S/C28H28N4O3S/c1-18-17-19(2)32(30-18)21-12-10-20(11-13-21)29-27(33)25-22-7-4-5-8-23(22)28(34)31(14-15-35-3)26(25)24-9-6-16-36-24/h4-13,16-17,25-26H,14-15H2,1-3H3,(H,29,33). The molecule has 0 radical (unpaired) electrons. The number of aromatic nitrogens is 2. The van der Waals surface area contributed by atoms with Crippen molar-refractivity contribution in [3.8, 4) is 5.69 Å². The van der Waals surface area contributed by atoms with E-state index in [-0.39, 0.29) is 11.8 Å². The smallest absolute Gasteiger partial charge is 0.254 e. The molecule has 2 aromatic heterocycles. The average Bonchev–Trinajstić information content (AvgIpc) is 3.53. The van der Waals surface area contributed by atoms with E-state index < -0.39 is 12.0 Å². The van der Waals surface area contributed by atoms with Crippen molar-refractivity contribution in [1.82, 2.24) is 14.7 Å². The number of anilines is 1. The van der Waals surface area contributed by atoms with E-state index in [9.17, 15) is 9.59 Å². The predicted octanol–water partition coefficient (Wildman–Crippen LogP) is 5.12. The Hall–Kier alpha value is -3.75. The fourth-order valence-electron chi connectivity index (χ4n) is 4.88. The zero-order valence-electron chi connectivity index (χ0n) is 20.5. The second-order valence-corrected chi connectivity index (χ2v) is 9.87. The van der Waals surface area contributed by atoms with Crippen LogP contribution in [0.3, 0.4) is 0 Å². The van der Waals surface area contributed by atoms with Crippen molar-refractivity contribution in [2.75, 3.05) is 25.6 Å². The van der Waals surface area contributed by atoms with Gasteiger partial charge in [0.15, 0.2) is 0 Å². The number of benzene rings is 2. The molecule has 5 rings (SSSR count). The van der Waals surface area contributed by atoms with Crippen LogP contribution in [0.4, 0.5) is 5.69 Å². The molecule has 2 unspecified atom stereocenters. The summed E-state index contributed by atoms with van der Waals surface area (Å²) < 4.78 is 7.18. The van der Waals surface area contributed by atoms with Crippen molar-refractivity contribution in [1.29, 1.82) is 0 Å². The fourth-order valence-corrected chi connectivity index (χ4v) is 5.76. The minimum Gasteiger partial charge on any atom is -0.383 e. The van der Waals surface area contributed by atoms with Gasteiger partial charge in [-0.05, 0) is 67.3 Å². The number of amides is 2. The van der Waals surface area contributed by atoms with Gasteiger partial charge in [0.25, 0.3) is 5.91 Å². The maximum atomic E-state index is 13.9. The Kier molecular flexibility index (Phi) is 6.71. The van der Waals surface area contributed by atoms with E-state index in [1.165, 1.54) is 0 Å². The fraction of sp³-hybridized carbons (Fsp3) is 0.250. The first-order valence-corrected chi connectivity index (χ1v) is 12.7. The highest BCUT2D eigenvalue weighted by Gasteiger charge is 2.44. The van der Waals surface area contributed by atoms with E-state index in [2.05, 4.69) is 10.4 Å². The highest BCUT2D eigenvalue weighted by atomic mass is 32.1. The van der Waals surface area contributed by atoms with Crippen LogP contribution in [0.2, 0.25) is 0 Å². The Morgan fingerprint density at radius 1 is 1.08 bits per heavy atom. The second kappa shape index (κ2) is 10.1. The predicted molar refractivity (Wildman–Crippen MR) is 141 cm³/mol. The van der Waals surface area contributed by atoms with Crippen LogP contribution < -0.4 is 5.32 Å². The van der Waals surface area contributed by atoms with Gasteiger partial charge in [-0.2, -0.15) is 5.10 Å². The summed E-state index contributed by atoms with van der Waals surface area (Å²) in [6.07, 6.45) is 0. The monoisotopic (exact) mass is 500 g/mol. The number of carbonyl (C=O) groups excluding carboxylic acids is 2. The number of hydrogen-bond donors (Lipinski definition) is 1. The Labute approximate surface area is 214 Å². The molecule has 1 aliphatic heterocycles. The van der Waals surface area contributed by atoms with Crippen molar-refractivity contribution in [3.63, 3.8) is 0 Å². The first-order valence-electron chi connectivity index (χ1n) is 11.8. The maximum absolute atomic E-state index is 13.9. The van der Waals surface area contributed by atoms with Crippen molar-refractivity contribution < 1.29 is 14.3 Å². The number of thiophene rings is 1. The summed E-state index contributed by atoms with van der Waals surface area (Å²) in [5.41, 5.74) is 4.91. The van der Waals surface area contributed by atoms with Crippen LogP contribution in [0.15, 0.2) is 72.1 Å². The van der Waals surface area contributed by atoms with Gasteiger partial charge in [-0.1, -0.05) is 24.3 Å².